The number of rotatable bonds is 3. The number of anilines is 2. The third kappa shape index (κ3) is 2.65. The number of benzene rings is 4. The van der Waals surface area contributed by atoms with Gasteiger partial charge in [-0.05, 0) is 40.8 Å². The molecule has 0 saturated heterocycles. The van der Waals surface area contributed by atoms with Crippen LogP contribution in [0.1, 0.15) is 0 Å². The summed E-state index contributed by atoms with van der Waals surface area (Å²) in [5.41, 5.74) is 4.89. The molecule has 0 N–H and O–H groups in total. The number of hydrogen-bond donors (Lipinski definition) is 0. The third-order valence-corrected chi connectivity index (χ3v) is 4.45. The first kappa shape index (κ1) is 14.5. The van der Waals surface area contributed by atoms with E-state index in [1.165, 1.54) is 33.3 Å². The number of fused-ring (bicyclic) bond motifs is 1. The molecule has 0 amide bonds. The van der Waals surface area contributed by atoms with Crippen molar-refractivity contribution in [2.45, 2.75) is 0 Å². The first-order valence-corrected chi connectivity index (χ1v) is 8.20. The second-order valence-electron chi connectivity index (χ2n) is 5.98. The van der Waals surface area contributed by atoms with E-state index >= 15 is 0 Å². The molecule has 0 aliphatic carbocycles. The van der Waals surface area contributed by atoms with Gasteiger partial charge in [-0.25, -0.2) is 0 Å². The van der Waals surface area contributed by atoms with Crippen molar-refractivity contribution < 1.29 is 0 Å². The lowest BCUT2D eigenvalue weighted by Gasteiger charge is -2.22. The Hall–Kier alpha value is -3.06. The van der Waals surface area contributed by atoms with E-state index in [0.29, 0.717) is 0 Å². The van der Waals surface area contributed by atoms with Crippen molar-refractivity contribution in [1.29, 1.82) is 0 Å². The second kappa shape index (κ2) is 6.21. The Morgan fingerprint density at radius 3 is 1.96 bits per heavy atom. The lowest BCUT2D eigenvalue weighted by molar-refractivity contribution is 1.22. The summed E-state index contributed by atoms with van der Waals surface area (Å²) >= 11 is 0. The lowest BCUT2D eigenvalue weighted by Crippen LogP contribution is -2.09. The molecule has 116 valence electrons. The molecule has 24 heavy (non-hydrogen) atoms. The Bertz CT molecular complexity index is 959. The molecule has 1 nitrogen and oxygen atoms in total. The maximum absolute atomic E-state index is 2.28. The summed E-state index contributed by atoms with van der Waals surface area (Å²) in [6.45, 7) is 0. The quantitative estimate of drug-likeness (QED) is 0.431. The van der Waals surface area contributed by atoms with Crippen molar-refractivity contribution in [3.63, 3.8) is 0 Å². The summed E-state index contributed by atoms with van der Waals surface area (Å²) in [4.78, 5) is 2.26. The zero-order chi connectivity index (χ0) is 16.4. The summed E-state index contributed by atoms with van der Waals surface area (Å²) in [7, 11) is 2.13. The Morgan fingerprint density at radius 1 is 0.583 bits per heavy atom. The van der Waals surface area contributed by atoms with Gasteiger partial charge in [-0.15, -0.1) is 0 Å². The Balaban J connectivity index is 1.93. The van der Waals surface area contributed by atoms with Crippen LogP contribution in [0.5, 0.6) is 0 Å². The van der Waals surface area contributed by atoms with Crippen molar-refractivity contribution in [2.75, 3.05) is 11.9 Å². The highest BCUT2D eigenvalue weighted by Gasteiger charge is 2.10. The van der Waals surface area contributed by atoms with Crippen molar-refractivity contribution in [1.82, 2.24) is 0 Å². The molecule has 0 aliphatic heterocycles. The van der Waals surface area contributed by atoms with E-state index < -0.39 is 0 Å². The molecule has 0 aliphatic rings. The van der Waals surface area contributed by atoms with Gasteiger partial charge in [-0.3, -0.25) is 0 Å². The molecule has 0 saturated carbocycles. The summed E-state index contributed by atoms with van der Waals surface area (Å²) in [5, 5.41) is 2.53. The Morgan fingerprint density at radius 2 is 1.21 bits per heavy atom. The van der Waals surface area contributed by atoms with E-state index in [0.717, 1.165) is 0 Å². The summed E-state index contributed by atoms with van der Waals surface area (Å²) in [6, 6.07) is 34.2. The van der Waals surface area contributed by atoms with Gasteiger partial charge in [-0.2, -0.15) is 0 Å². The lowest BCUT2D eigenvalue weighted by atomic mass is 9.99. The van der Waals surface area contributed by atoms with Gasteiger partial charge in [0.25, 0.3) is 0 Å². The summed E-state index contributed by atoms with van der Waals surface area (Å²) in [6.07, 6.45) is 0. The zero-order valence-electron chi connectivity index (χ0n) is 13.7. The smallest absolute Gasteiger partial charge is 0.0494 e. The minimum Gasteiger partial charge on any atom is -0.344 e. The van der Waals surface area contributed by atoms with Crippen LogP contribution >= 0.6 is 0 Å². The van der Waals surface area contributed by atoms with Gasteiger partial charge in [0.05, 0.1) is 0 Å². The summed E-state index contributed by atoms with van der Waals surface area (Å²) in [5.74, 6) is 0. The number of hydrogen-bond acceptors (Lipinski definition) is 1. The molecule has 0 unspecified atom stereocenters. The molecular formula is C23H19N. The molecular weight excluding hydrogens is 290 g/mol. The SMILES string of the molecule is CN(c1ccccc1)c1cc(-c2ccccc2)cc2ccccc12. The van der Waals surface area contributed by atoms with Gasteiger partial charge in [-0.1, -0.05) is 72.8 Å². The van der Waals surface area contributed by atoms with Crippen LogP contribution in [0.3, 0.4) is 0 Å². The highest BCUT2D eigenvalue weighted by Crippen LogP contribution is 2.35. The maximum Gasteiger partial charge on any atom is 0.0494 e. The molecule has 0 heterocycles. The molecule has 0 atom stereocenters. The molecule has 4 aromatic carbocycles. The maximum atomic E-state index is 2.28. The van der Waals surface area contributed by atoms with Crippen LogP contribution < -0.4 is 4.90 Å². The minimum atomic E-state index is 1.19. The molecule has 0 radical (unpaired) electrons. The van der Waals surface area contributed by atoms with Gasteiger partial charge in [0.15, 0.2) is 0 Å². The molecule has 1 heteroatoms. The predicted octanol–water partition coefficient (Wildman–Crippen LogP) is 6.27. The fourth-order valence-corrected chi connectivity index (χ4v) is 3.16. The van der Waals surface area contributed by atoms with Crippen LogP contribution in [0.4, 0.5) is 11.4 Å². The molecule has 0 bridgehead atoms. The fourth-order valence-electron chi connectivity index (χ4n) is 3.16. The zero-order valence-corrected chi connectivity index (χ0v) is 13.7. The van der Waals surface area contributed by atoms with Crippen LogP contribution in [-0.2, 0) is 0 Å². The normalized spacial score (nSPS) is 10.7. The van der Waals surface area contributed by atoms with Gasteiger partial charge in [0.2, 0.25) is 0 Å². The molecule has 0 aromatic heterocycles. The van der Waals surface area contributed by atoms with E-state index in [-0.39, 0.29) is 0 Å². The molecule has 4 aromatic rings. The van der Waals surface area contributed by atoms with Gasteiger partial charge in [0, 0.05) is 23.8 Å². The highest BCUT2D eigenvalue weighted by molar-refractivity contribution is 5.99. The van der Waals surface area contributed by atoms with Crippen molar-refractivity contribution >= 4 is 22.1 Å². The van der Waals surface area contributed by atoms with E-state index in [1.54, 1.807) is 0 Å². The van der Waals surface area contributed by atoms with E-state index in [1.807, 2.05) is 0 Å². The number of nitrogens with zero attached hydrogens (tertiary/aromatic N) is 1. The third-order valence-electron chi connectivity index (χ3n) is 4.45. The van der Waals surface area contributed by atoms with Crippen LogP contribution in [0, 0.1) is 0 Å². The van der Waals surface area contributed by atoms with Crippen LogP contribution in [0.15, 0.2) is 97.1 Å². The molecule has 0 spiro atoms. The fraction of sp³-hybridized carbons (Fsp3) is 0.0435. The van der Waals surface area contributed by atoms with Crippen molar-refractivity contribution in [3.8, 4) is 11.1 Å². The Labute approximate surface area is 142 Å². The topological polar surface area (TPSA) is 3.24 Å². The van der Waals surface area contributed by atoms with Gasteiger partial charge < -0.3 is 4.90 Å². The first-order chi connectivity index (χ1) is 11.8. The monoisotopic (exact) mass is 309 g/mol. The average Bonchev–Trinajstić information content (AvgIpc) is 2.68. The summed E-state index contributed by atoms with van der Waals surface area (Å²) < 4.78 is 0. The van der Waals surface area contributed by atoms with E-state index in [2.05, 4.69) is 109 Å². The molecule has 0 fully saturated rings. The first-order valence-electron chi connectivity index (χ1n) is 8.20. The van der Waals surface area contributed by atoms with Crippen LogP contribution in [-0.4, -0.2) is 7.05 Å². The van der Waals surface area contributed by atoms with Crippen LogP contribution in [0.2, 0.25) is 0 Å². The minimum absolute atomic E-state index is 1.19. The number of para-hydroxylation sites is 1. The van der Waals surface area contributed by atoms with Gasteiger partial charge >= 0.3 is 0 Å². The van der Waals surface area contributed by atoms with Crippen molar-refractivity contribution in [2.24, 2.45) is 0 Å². The largest absolute Gasteiger partial charge is 0.344 e. The highest BCUT2D eigenvalue weighted by atomic mass is 15.1. The predicted molar refractivity (Wildman–Crippen MR) is 104 cm³/mol. The molecule has 4 rings (SSSR count). The van der Waals surface area contributed by atoms with E-state index in [9.17, 15) is 0 Å². The standard InChI is InChI=1S/C23H19N/c1-24(21-13-6-3-7-14-21)23-17-20(18-10-4-2-5-11-18)16-19-12-8-9-15-22(19)23/h2-17H,1H3. The van der Waals surface area contributed by atoms with Crippen molar-refractivity contribution in [3.05, 3.63) is 97.1 Å². The average molecular weight is 309 g/mol. The van der Waals surface area contributed by atoms with E-state index in [4.69, 9.17) is 0 Å². The van der Waals surface area contributed by atoms with Crippen LogP contribution in [0.25, 0.3) is 21.9 Å². The second-order valence-corrected chi connectivity index (χ2v) is 5.98. The van der Waals surface area contributed by atoms with Gasteiger partial charge in [0.1, 0.15) is 0 Å². The Kier molecular flexibility index (Phi) is 3.76.